The van der Waals surface area contributed by atoms with Crippen LogP contribution in [0, 0.1) is 0 Å². The van der Waals surface area contributed by atoms with Crippen LogP contribution in [-0.4, -0.2) is 34.4 Å². The molecule has 134 valence electrons. The van der Waals surface area contributed by atoms with Crippen molar-refractivity contribution in [3.63, 3.8) is 0 Å². The second-order valence-corrected chi connectivity index (χ2v) is 8.13. The van der Waals surface area contributed by atoms with Gasteiger partial charge in [-0.05, 0) is 45.3 Å². The second kappa shape index (κ2) is 12.1. The fourth-order valence-electron chi connectivity index (χ4n) is 2.48. The lowest BCUT2D eigenvalue weighted by Gasteiger charge is -2.28. The monoisotopic (exact) mass is 350 g/mol. The Morgan fingerprint density at radius 3 is 2.08 bits per heavy atom. The maximum atomic E-state index is 11.9. The first kappa shape index (κ1) is 20.8. The van der Waals surface area contributed by atoms with E-state index in [1.54, 1.807) is 6.08 Å². The van der Waals surface area contributed by atoms with Crippen molar-refractivity contribution in [2.75, 3.05) is 19.8 Å². The summed E-state index contributed by atoms with van der Waals surface area (Å²) in [6.07, 6.45) is 5.75. The van der Waals surface area contributed by atoms with Gasteiger partial charge in [-0.25, -0.2) is 0 Å². The fraction of sp³-hybridized carbons (Fsp3) is 0.526. The fourth-order valence-corrected chi connectivity index (χ4v) is 5.16. The van der Waals surface area contributed by atoms with Crippen LogP contribution in [-0.2, 0) is 18.1 Å². The Labute approximate surface area is 147 Å². The molecule has 0 unspecified atom stereocenters. The van der Waals surface area contributed by atoms with Crippen LogP contribution < -0.4 is 0 Å². The zero-order valence-electron chi connectivity index (χ0n) is 15.1. The molecule has 0 aliphatic rings. The summed E-state index contributed by atoms with van der Waals surface area (Å²) < 4.78 is 17.5. The second-order valence-electron chi connectivity index (χ2n) is 5.40. The van der Waals surface area contributed by atoms with Gasteiger partial charge >= 0.3 is 8.80 Å². The Morgan fingerprint density at radius 1 is 0.958 bits per heavy atom. The average Bonchev–Trinajstić information content (AvgIpc) is 2.59. The van der Waals surface area contributed by atoms with E-state index in [0.29, 0.717) is 26.2 Å². The Kier molecular flexibility index (Phi) is 10.5. The number of hydrogen-bond donors (Lipinski definition) is 0. The molecular weight excluding hydrogens is 320 g/mol. The highest BCUT2D eigenvalue weighted by Gasteiger charge is 2.39. The third-order valence-corrected chi connectivity index (χ3v) is 6.66. The van der Waals surface area contributed by atoms with Crippen LogP contribution in [0.5, 0.6) is 0 Å². The molecule has 0 aliphatic heterocycles. The van der Waals surface area contributed by atoms with Gasteiger partial charge in [0.05, 0.1) is 0 Å². The molecule has 0 amide bonds. The van der Waals surface area contributed by atoms with E-state index in [9.17, 15) is 4.79 Å². The van der Waals surface area contributed by atoms with E-state index >= 15 is 0 Å². The molecule has 1 aromatic rings. The first-order chi connectivity index (χ1) is 11.7. The van der Waals surface area contributed by atoms with Gasteiger partial charge in [0.2, 0.25) is 0 Å². The molecule has 0 aromatic heterocycles. The molecule has 1 rings (SSSR count). The van der Waals surface area contributed by atoms with Crippen molar-refractivity contribution in [1.29, 1.82) is 0 Å². The molecule has 0 N–H and O–H groups in total. The van der Waals surface area contributed by atoms with E-state index in [2.05, 4.69) is 0 Å². The average molecular weight is 351 g/mol. The smallest absolute Gasteiger partial charge is 0.374 e. The molecule has 0 atom stereocenters. The van der Waals surface area contributed by atoms with Crippen LogP contribution in [0.2, 0.25) is 6.04 Å². The summed E-state index contributed by atoms with van der Waals surface area (Å²) in [6, 6.07) is 10.6. The largest absolute Gasteiger partial charge is 0.500 e. The molecule has 0 saturated heterocycles. The summed E-state index contributed by atoms with van der Waals surface area (Å²) in [5, 5.41) is 0. The Hall–Kier alpha value is -1.27. The predicted octanol–water partition coefficient (Wildman–Crippen LogP) is 4.49. The minimum Gasteiger partial charge on any atom is -0.374 e. The van der Waals surface area contributed by atoms with Crippen molar-refractivity contribution in [2.45, 2.75) is 46.1 Å². The zero-order valence-corrected chi connectivity index (χ0v) is 16.1. The van der Waals surface area contributed by atoms with E-state index in [1.807, 2.05) is 57.2 Å². The van der Waals surface area contributed by atoms with E-state index in [1.165, 1.54) is 0 Å². The topological polar surface area (TPSA) is 44.8 Å². The number of hydrogen-bond acceptors (Lipinski definition) is 4. The zero-order chi connectivity index (χ0) is 17.7. The van der Waals surface area contributed by atoms with Gasteiger partial charge in [-0.1, -0.05) is 36.4 Å². The standard InChI is InChI=1S/C19H30O4Si/c1-4-21-24(22-5-2,23-6-3)17-11-10-14-19(20)16-15-18-12-8-7-9-13-18/h7-9,12-13,15-16H,4-6,10-11,14,17H2,1-3H3/b16-15+. The molecule has 0 bridgehead atoms. The summed E-state index contributed by atoms with van der Waals surface area (Å²) in [6.45, 7) is 7.63. The van der Waals surface area contributed by atoms with Gasteiger partial charge in [-0.15, -0.1) is 0 Å². The number of allylic oxidation sites excluding steroid dienone is 1. The minimum absolute atomic E-state index is 0.148. The predicted molar refractivity (Wildman–Crippen MR) is 99.8 cm³/mol. The molecule has 0 radical (unpaired) electrons. The number of carbonyl (C=O) groups excluding carboxylic acids is 1. The van der Waals surface area contributed by atoms with Gasteiger partial charge in [0.15, 0.2) is 5.78 Å². The summed E-state index contributed by atoms with van der Waals surface area (Å²) >= 11 is 0. The summed E-state index contributed by atoms with van der Waals surface area (Å²) in [7, 11) is -2.57. The van der Waals surface area contributed by atoms with E-state index in [0.717, 1.165) is 24.4 Å². The molecule has 0 fully saturated rings. The van der Waals surface area contributed by atoms with Gasteiger partial charge in [0, 0.05) is 32.3 Å². The van der Waals surface area contributed by atoms with Crippen molar-refractivity contribution >= 4 is 20.7 Å². The van der Waals surface area contributed by atoms with Crippen molar-refractivity contribution < 1.29 is 18.1 Å². The van der Waals surface area contributed by atoms with Crippen LogP contribution in [0.4, 0.5) is 0 Å². The quantitative estimate of drug-likeness (QED) is 0.299. The van der Waals surface area contributed by atoms with Crippen molar-refractivity contribution in [3.05, 3.63) is 42.0 Å². The molecule has 0 aliphatic carbocycles. The maximum Gasteiger partial charge on any atom is 0.500 e. The Balaban J connectivity index is 2.38. The lowest BCUT2D eigenvalue weighted by Crippen LogP contribution is -2.45. The number of unbranched alkanes of at least 4 members (excludes halogenated alkanes) is 1. The third kappa shape index (κ3) is 8.01. The molecule has 24 heavy (non-hydrogen) atoms. The van der Waals surface area contributed by atoms with Crippen LogP contribution in [0.1, 0.15) is 45.6 Å². The molecule has 5 heteroatoms. The number of carbonyl (C=O) groups is 1. The molecule has 0 spiro atoms. The highest BCUT2D eigenvalue weighted by Crippen LogP contribution is 2.20. The number of ketones is 1. The maximum absolute atomic E-state index is 11.9. The van der Waals surface area contributed by atoms with E-state index in [-0.39, 0.29) is 5.78 Å². The minimum atomic E-state index is -2.57. The normalized spacial score (nSPS) is 12.0. The summed E-state index contributed by atoms with van der Waals surface area (Å²) in [5.41, 5.74) is 1.04. The van der Waals surface area contributed by atoms with Crippen LogP contribution >= 0.6 is 0 Å². The Bertz CT molecular complexity index is 470. The van der Waals surface area contributed by atoms with Gasteiger partial charge in [0.25, 0.3) is 0 Å². The molecule has 0 saturated carbocycles. The lowest BCUT2D eigenvalue weighted by atomic mass is 10.1. The van der Waals surface area contributed by atoms with Gasteiger partial charge in [0.1, 0.15) is 0 Å². The summed E-state index contributed by atoms with van der Waals surface area (Å²) in [4.78, 5) is 11.9. The van der Waals surface area contributed by atoms with Crippen molar-refractivity contribution in [2.24, 2.45) is 0 Å². The Morgan fingerprint density at radius 2 is 1.54 bits per heavy atom. The van der Waals surface area contributed by atoms with Crippen molar-refractivity contribution in [1.82, 2.24) is 0 Å². The SMILES string of the molecule is CCO[Si](CCCCC(=O)/C=C/c1ccccc1)(OCC)OCC. The number of benzene rings is 1. The third-order valence-electron chi connectivity index (χ3n) is 3.51. The number of rotatable bonds is 13. The van der Waals surface area contributed by atoms with Gasteiger partial charge < -0.3 is 13.3 Å². The molecule has 4 nitrogen and oxygen atoms in total. The first-order valence-corrected chi connectivity index (χ1v) is 10.8. The first-order valence-electron chi connectivity index (χ1n) is 8.83. The van der Waals surface area contributed by atoms with Crippen molar-refractivity contribution in [3.8, 4) is 0 Å². The molecular formula is C19H30O4Si. The van der Waals surface area contributed by atoms with Gasteiger partial charge in [-0.2, -0.15) is 0 Å². The van der Waals surface area contributed by atoms with Crippen LogP contribution in [0.15, 0.2) is 36.4 Å². The van der Waals surface area contributed by atoms with E-state index < -0.39 is 8.80 Å². The molecule has 1 aromatic carbocycles. The highest BCUT2D eigenvalue weighted by molar-refractivity contribution is 6.60. The van der Waals surface area contributed by atoms with Crippen LogP contribution in [0.25, 0.3) is 6.08 Å². The molecule has 0 heterocycles. The van der Waals surface area contributed by atoms with E-state index in [4.69, 9.17) is 13.3 Å². The van der Waals surface area contributed by atoms with Crippen LogP contribution in [0.3, 0.4) is 0 Å². The lowest BCUT2D eigenvalue weighted by molar-refractivity contribution is -0.114. The highest BCUT2D eigenvalue weighted by atomic mass is 28.4. The summed E-state index contributed by atoms with van der Waals surface area (Å²) in [5.74, 6) is 0.148. The van der Waals surface area contributed by atoms with Gasteiger partial charge in [-0.3, -0.25) is 4.79 Å².